The number of amides is 2. The summed E-state index contributed by atoms with van der Waals surface area (Å²) in [6.07, 6.45) is 4.03. The Morgan fingerprint density at radius 1 is 1.19 bits per heavy atom. The summed E-state index contributed by atoms with van der Waals surface area (Å²) in [4.78, 5) is 24.1. The first-order chi connectivity index (χ1) is 12.9. The monoisotopic (exact) mass is 392 g/mol. The third-order valence-electron chi connectivity index (χ3n) is 3.82. The molecule has 0 aliphatic carbocycles. The molecule has 3 rings (SSSR count). The van der Waals surface area contributed by atoms with E-state index < -0.39 is 23.2 Å². The van der Waals surface area contributed by atoms with Gasteiger partial charge in [0.05, 0.1) is 30.4 Å². The van der Waals surface area contributed by atoms with Crippen LogP contribution in [-0.4, -0.2) is 23.5 Å². The molecule has 0 bridgehead atoms. The number of nitrogens with one attached hydrogen (secondary N) is 2. The van der Waals surface area contributed by atoms with Crippen molar-refractivity contribution >= 4 is 29.1 Å². The predicted octanol–water partition coefficient (Wildman–Crippen LogP) is 2.66. The van der Waals surface area contributed by atoms with Crippen LogP contribution >= 0.6 is 11.6 Å². The zero-order chi connectivity index (χ0) is 19.4. The van der Waals surface area contributed by atoms with Crippen molar-refractivity contribution in [1.82, 2.24) is 5.32 Å². The standard InChI is InChI=1S/C18H14ClFN2O5/c19-13-8-12(3-4-14(13)20)22-17(24)16(23)21-10-18(25,11-5-7-26-9-11)15-2-1-6-27-15/h1-9,25H,10H2,(H,21,23)(H,22,24). The van der Waals surface area contributed by atoms with Crippen molar-refractivity contribution in [2.24, 2.45) is 0 Å². The summed E-state index contributed by atoms with van der Waals surface area (Å²) in [6.45, 7) is -0.351. The van der Waals surface area contributed by atoms with Crippen LogP contribution in [0.15, 0.2) is 64.0 Å². The lowest BCUT2D eigenvalue weighted by molar-refractivity contribution is -0.136. The molecule has 27 heavy (non-hydrogen) atoms. The number of furan rings is 2. The third kappa shape index (κ3) is 4.02. The molecule has 0 saturated heterocycles. The number of hydrogen-bond acceptors (Lipinski definition) is 5. The molecule has 1 unspecified atom stereocenters. The molecule has 0 saturated carbocycles. The number of carbonyl (C=O) groups is 2. The van der Waals surface area contributed by atoms with E-state index in [1.54, 1.807) is 6.07 Å². The summed E-state index contributed by atoms with van der Waals surface area (Å²) in [5.41, 5.74) is -1.24. The quantitative estimate of drug-likeness (QED) is 0.579. The molecule has 7 nitrogen and oxygen atoms in total. The third-order valence-corrected chi connectivity index (χ3v) is 4.11. The predicted molar refractivity (Wildman–Crippen MR) is 93.5 cm³/mol. The lowest BCUT2D eigenvalue weighted by Crippen LogP contribution is -2.45. The van der Waals surface area contributed by atoms with Crippen LogP contribution in [0.3, 0.4) is 0 Å². The van der Waals surface area contributed by atoms with E-state index in [2.05, 4.69) is 10.6 Å². The average molecular weight is 393 g/mol. The van der Waals surface area contributed by atoms with E-state index in [0.29, 0.717) is 5.56 Å². The molecule has 3 N–H and O–H groups in total. The zero-order valence-electron chi connectivity index (χ0n) is 13.7. The summed E-state index contributed by atoms with van der Waals surface area (Å²) in [7, 11) is 0. The Labute approximate surface area is 157 Å². The summed E-state index contributed by atoms with van der Waals surface area (Å²) in [5.74, 6) is -2.51. The maximum atomic E-state index is 13.1. The summed E-state index contributed by atoms with van der Waals surface area (Å²) < 4.78 is 23.4. The van der Waals surface area contributed by atoms with Crippen molar-refractivity contribution in [2.45, 2.75) is 5.60 Å². The van der Waals surface area contributed by atoms with E-state index in [-0.39, 0.29) is 23.0 Å². The van der Waals surface area contributed by atoms with Gasteiger partial charge < -0.3 is 24.6 Å². The normalized spacial score (nSPS) is 13.0. The van der Waals surface area contributed by atoms with E-state index in [1.165, 1.54) is 43.1 Å². The number of halogens is 2. The first-order valence-electron chi connectivity index (χ1n) is 7.73. The molecule has 1 atom stereocenters. The van der Waals surface area contributed by atoms with E-state index in [4.69, 9.17) is 20.4 Å². The van der Waals surface area contributed by atoms with Crippen molar-refractivity contribution in [2.75, 3.05) is 11.9 Å². The van der Waals surface area contributed by atoms with Gasteiger partial charge in [-0.2, -0.15) is 0 Å². The minimum Gasteiger partial charge on any atom is -0.472 e. The SMILES string of the molecule is O=C(NCC(O)(c1ccoc1)c1ccco1)C(=O)Nc1ccc(F)c(Cl)c1. The lowest BCUT2D eigenvalue weighted by atomic mass is 9.93. The molecule has 0 aliphatic heterocycles. The van der Waals surface area contributed by atoms with Gasteiger partial charge in [0.1, 0.15) is 11.6 Å². The molecule has 140 valence electrons. The van der Waals surface area contributed by atoms with Crippen LogP contribution in [0.5, 0.6) is 0 Å². The molecule has 0 aliphatic rings. The van der Waals surface area contributed by atoms with Crippen molar-refractivity contribution < 1.29 is 27.9 Å². The fraction of sp³-hybridized carbons (Fsp3) is 0.111. The van der Waals surface area contributed by atoms with Crippen molar-refractivity contribution in [1.29, 1.82) is 0 Å². The highest BCUT2D eigenvalue weighted by atomic mass is 35.5. The average Bonchev–Trinajstić information content (AvgIpc) is 3.36. The second-order valence-corrected chi connectivity index (χ2v) is 6.02. The number of benzene rings is 1. The Bertz CT molecular complexity index is 907. The summed E-state index contributed by atoms with van der Waals surface area (Å²) in [6, 6.07) is 8.11. The fourth-order valence-electron chi connectivity index (χ4n) is 2.40. The maximum Gasteiger partial charge on any atom is 0.313 e. The smallest absolute Gasteiger partial charge is 0.313 e. The molecule has 9 heteroatoms. The first kappa shape index (κ1) is 18.7. The van der Waals surface area contributed by atoms with Gasteiger partial charge in [0.25, 0.3) is 0 Å². The van der Waals surface area contributed by atoms with Crippen LogP contribution < -0.4 is 10.6 Å². The van der Waals surface area contributed by atoms with Gasteiger partial charge in [-0.25, -0.2) is 4.39 Å². The second kappa shape index (κ2) is 7.65. The topological polar surface area (TPSA) is 105 Å². The molecule has 3 aromatic rings. The number of carbonyl (C=O) groups excluding carboxylic acids is 2. The van der Waals surface area contributed by atoms with Crippen LogP contribution in [0.4, 0.5) is 10.1 Å². The number of anilines is 1. The molecular weight excluding hydrogens is 379 g/mol. The van der Waals surface area contributed by atoms with Crippen LogP contribution in [-0.2, 0) is 15.2 Å². The highest BCUT2D eigenvalue weighted by molar-refractivity contribution is 6.39. The van der Waals surface area contributed by atoms with Gasteiger partial charge in [-0.05, 0) is 36.4 Å². The lowest BCUT2D eigenvalue weighted by Gasteiger charge is -2.25. The molecule has 0 radical (unpaired) electrons. The largest absolute Gasteiger partial charge is 0.472 e. The van der Waals surface area contributed by atoms with Crippen LogP contribution in [0, 0.1) is 5.82 Å². The molecule has 0 fully saturated rings. The van der Waals surface area contributed by atoms with Gasteiger partial charge >= 0.3 is 11.8 Å². The van der Waals surface area contributed by atoms with Gasteiger partial charge in [0, 0.05) is 11.3 Å². The molecule has 1 aromatic carbocycles. The Balaban J connectivity index is 1.69. The van der Waals surface area contributed by atoms with Crippen LogP contribution in [0.1, 0.15) is 11.3 Å². The van der Waals surface area contributed by atoms with Crippen molar-refractivity contribution in [3.05, 3.63) is 77.4 Å². The van der Waals surface area contributed by atoms with Gasteiger partial charge in [0.2, 0.25) is 0 Å². The van der Waals surface area contributed by atoms with Gasteiger partial charge in [-0.15, -0.1) is 0 Å². The number of hydrogen-bond donors (Lipinski definition) is 3. The van der Waals surface area contributed by atoms with Gasteiger partial charge in [0.15, 0.2) is 5.60 Å². The van der Waals surface area contributed by atoms with E-state index in [1.807, 2.05) is 0 Å². The van der Waals surface area contributed by atoms with Crippen molar-refractivity contribution in [3.8, 4) is 0 Å². The fourth-order valence-corrected chi connectivity index (χ4v) is 2.58. The van der Waals surface area contributed by atoms with E-state index in [0.717, 1.165) is 6.07 Å². The molecule has 2 aromatic heterocycles. The Morgan fingerprint density at radius 3 is 2.63 bits per heavy atom. The minimum atomic E-state index is -1.73. The molecule has 0 spiro atoms. The number of rotatable bonds is 5. The van der Waals surface area contributed by atoms with E-state index >= 15 is 0 Å². The molecule has 2 amide bonds. The van der Waals surface area contributed by atoms with Gasteiger partial charge in [-0.3, -0.25) is 9.59 Å². The Hall–Kier alpha value is -3.10. The summed E-state index contributed by atoms with van der Waals surface area (Å²) in [5, 5.41) is 15.4. The van der Waals surface area contributed by atoms with Gasteiger partial charge in [-0.1, -0.05) is 11.6 Å². The maximum absolute atomic E-state index is 13.1. The minimum absolute atomic E-state index is 0.151. The zero-order valence-corrected chi connectivity index (χ0v) is 14.5. The molecule has 2 heterocycles. The number of aliphatic hydroxyl groups is 1. The summed E-state index contributed by atoms with van der Waals surface area (Å²) >= 11 is 5.63. The Kier molecular flexibility index (Phi) is 5.29. The first-order valence-corrected chi connectivity index (χ1v) is 8.11. The van der Waals surface area contributed by atoms with Crippen LogP contribution in [0.25, 0.3) is 0 Å². The molecular formula is C18H14ClFN2O5. The Morgan fingerprint density at radius 2 is 2.00 bits per heavy atom. The van der Waals surface area contributed by atoms with Crippen molar-refractivity contribution in [3.63, 3.8) is 0 Å². The van der Waals surface area contributed by atoms with E-state index in [9.17, 15) is 19.1 Å². The highest BCUT2D eigenvalue weighted by Crippen LogP contribution is 2.29. The highest BCUT2D eigenvalue weighted by Gasteiger charge is 2.36. The van der Waals surface area contributed by atoms with Crippen LogP contribution in [0.2, 0.25) is 5.02 Å². The second-order valence-electron chi connectivity index (χ2n) is 5.62.